The molecule has 2 nitrogen and oxygen atoms in total. The molecule has 0 spiro atoms. The van der Waals surface area contributed by atoms with Crippen molar-refractivity contribution in [3.63, 3.8) is 0 Å². The zero-order valence-electron chi connectivity index (χ0n) is 15.7. The van der Waals surface area contributed by atoms with Crippen molar-refractivity contribution in [2.45, 2.75) is 19.3 Å². The molecule has 0 aromatic heterocycles. The number of benzene rings is 3. The van der Waals surface area contributed by atoms with Crippen LogP contribution >= 0.6 is 0 Å². The normalized spacial score (nSPS) is 12.9. The first-order chi connectivity index (χ1) is 13.8. The fraction of sp³-hybridized carbons (Fsp3) is 0.154. The van der Waals surface area contributed by atoms with E-state index >= 15 is 0 Å². The molecule has 1 aliphatic rings. The van der Waals surface area contributed by atoms with E-state index < -0.39 is 0 Å². The zero-order valence-corrected chi connectivity index (χ0v) is 15.7. The van der Waals surface area contributed by atoms with E-state index in [1.807, 2.05) is 60.7 Å². The smallest absolute Gasteiger partial charge is 0.144 e. The molecule has 1 heterocycles. The first-order valence-electron chi connectivity index (χ1n) is 9.23. The molecule has 0 saturated carbocycles. The molecule has 1 aliphatic heterocycles. The highest BCUT2D eigenvalue weighted by Crippen LogP contribution is 2.28. The van der Waals surface area contributed by atoms with Gasteiger partial charge in [0.05, 0.1) is 13.2 Å². The van der Waals surface area contributed by atoms with E-state index in [9.17, 15) is 0 Å². The van der Waals surface area contributed by atoms with Gasteiger partial charge in [-0.05, 0) is 47.5 Å². The van der Waals surface area contributed by atoms with Gasteiger partial charge in [-0.2, -0.15) is 0 Å². The van der Waals surface area contributed by atoms with E-state index in [0.29, 0.717) is 13.2 Å². The van der Waals surface area contributed by atoms with Crippen molar-refractivity contribution >= 4 is 0 Å². The third-order valence-electron chi connectivity index (χ3n) is 4.64. The largest absolute Gasteiger partial charge is 0.372 e. The molecule has 0 bridgehead atoms. The van der Waals surface area contributed by atoms with Crippen LogP contribution < -0.4 is 0 Å². The van der Waals surface area contributed by atoms with Gasteiger partial charge in [0.15, 0.2) is 0 Å². The van der Waals surface area contributed by atoms with Crippen LogP contribution in [0.4, 0.5) is 0 Å². The van der Waals surface area contributed by atoms with Crippen LogP contribution in [0.5, 0.6) is 0 Å². The molecule has 2 heteroatoms. The Kier molecular flexibility index (Phi) is 5.55. The van der Waals surface area contributed by atoms with Crippen molar-refractivity contribution in [1.29, 1.82) is 0 Å². The van der Waals surface area contributed by atoms with Gasteiger partial charge in [0.1, 0.15) is 6.10 Å². The second kappa shape index (κ2) is 8.59. The van der Waals surface area contributed by atoms with Crippen molar-refractivity contribution in [3.8, 4) is 23.7 Å². The molecule has 3 aromatic rings. The van der Waals surface area contributed by atoms with E-state index in [-0.39, 0.29) is 6.10 Å². The highest BCUT2D eigenvalue weighted by molar-refractivity contribution is 5.53. The van der Waals surface area contributed by atoms with Gasteiger partial charge in [0.25, 0.3) is 0 Å². The summed E-state index contributed by atoms with van der Waals surface area (Å²) in [5, 5.41) is 0. The topological polar surface area (TPSA) is 18.5 Å². The van der Waals surface area contributed by atoms with Crippen LogP contribution in [0.15, 0.2) is 72.8 Å². The lowest BCUT2D eigenvalue weighted by Gasteiger charge is -2.13. The van der Waals surface area contributed by atoms with Crippen molar-refractivity contribution in [3.05, 3.63) is 106 Å². The predicted molar refractivity (Wildman–Crippen MR) is 110 cm³/mol. The van der Waals surface area contributed by atoms with Crippen LogP contribution in [-0.2, 0) is 22.7 Å². The molecule has 0 N–H and O–H groups in total. The Bertz CT molecular complexity index is 1080. The van der Waals surface area contributed by atoms with Gasteiger partial charge in [0, 0.05) is 29.4 Å². The Balaban J connectivity index is 1.74. The summed E-state index contributed by atoms with van der Waals surface area (Å²) in [4.78, 5) is 0. The summed E-state index contributed by atoms with van der Waals surface area (Å²) in [5.74, 6) is 13.0. The van der Waals surface area contributed by atoms with E-state index in [2.05, 4.69) is 35.8 Å². The maximum atomic E-state index is 5.73. The predicted octanol–water partition coefficient (Wildman–Crippen LogP) is 4.86. The second-order valence-corrected chi connectivity index (χ2v) is 6.57. The van der Waals surface area contributed by atoms with Crippen molar-refractivity contribution in [2.75, 3.05) is 7.11 Å². The van der Waals surface area contributed by atoms with E-state index in [0.717, 1.165) is 22.3 Å². The highest BCUT2D eigenvalue weighted by Gasteiger charge is 2.19. The van der Waals surface area contributed by atoms with Gasteiger partial charge < -0.3 is 9.47 Å². The van der Waals surface area contributed by atoms with E-state index in [1.54, 1.807) is 7.11 Å². The monoisotopic (exact) mass is 364 g/mol. The Morgan fingerprint density at radius 2 is 1.39 bits per heavy atom. The molecular formula is C26H20O2. The lowest BCUT2D eigenvalue weighted by atomic mass is 9.96. The van der Waals surface area contributed by atoms with Gasteiger partial charge in [-0.15, -0.1) is 0 Å². The van der Waals surface area contributed by atoms with Crippen LogP contribution in [0.25, 0.3) is 0 Å². The quantitative estimate of drug-likeness (QED) is 0.605. The first kappa shape index (κ1) is 18.1. The lowest BCUT2D eigenvalue weighted by molar-refractivity contribution is 0.134. The molecule has 0 aliphatic carbocycles. The minimum absolute atomic E-state index is 0.355. The minimum Gasteiger partial charge on any atom is -0.372 e. The summed E-state index contributed by atoms with van der Waals surface area (Å²) in [7, 11) is 1.68. The first-order valence-corrected chi connectivity index (χ1v) is 9.23. The molecule has 4 rings (SSSR count). The summed E-state index contributed by atoms with van der Waals surface area (Å²) in [5.41, 5.74) is 6.23. The summed E-state index contributed by atoms with van der Waals surface area (Å²) in [6.45, 7) is 1.25. The fourth-order valence-corrected chi connectivity index (χ4v) is 3.17. The van der Waals surface area contributed by atoms with Gasteiger partial charge in [-0.3, -0.25) is 0 Å². The second-order valence-electron chi connectivity index (χ2n) is 6.57. The van der Waals surface area contributed by atoms with Crippen molar-refractivity contribution in [1.82, 2.24) is 0 Å². The van der Waals surface area contributed by atoms with Crippen LogP contribution in [0, 0.1) is 23.7 Å². The fourth-order valence-electron chi connectivity index (χ4n) is 3.17. The van der Waals surface area contributed by atoms with Gasteiger partial charge in [-0.25, -0.2) is 0 Å². The molecule has 0 amide bonds. The summed E-state index contributed by atoms with van der Waals surface area (Å²) < 4.78 is 11.3. The van der Waals surface area contributed by atoms with Crippen LogP contribution in [-0.4, -0.2) is 7.11 Å². The van der Waals surface area contributed by atoms with Crippen LogP contribution in [0.3, 0.4) is 0 Å². The van der Waals surface area contributed by atoms with Crippen molar-refractivity contribution < 1.29 is 9.47 Å². The van der Waals surface area contributed by atoms with Gasteiger partial charge in [-0.1, -0.05) is 60.1 Å². The number of rotatable bonds is 2. The molecule has 1 atom stereocenters. The third-order valence-corrected chi connectivity index (χ3v) is 4.64. The molecule has 1 unspecified atom stereocenters. The Hall–Kier alpha value is -3.30. The number of hydrogen-bond acceptors (Lipinski definition) is 2. The standard InChI is InChI=1S/C26H20O2/c1-27-26(15-13-21-10-6-3-7-11-21)25-17-24-19-28-18-23(24)16-22(25)14-12-20-8-4-2-5-9-20/h2-11,16-17,26H,18-19H2,1H3. The molecule has 0 saturated heterocycles. The zero-order chi connectivity index (χ0) is 19.2. The average Bonchev–Trinajstić information content (AvgIpc) is 3.21. The van der Waals surface area contributed by atoms with Gasteiger partial charge in [0.2, 0.25) is 0 Å². The molecule has 136 valence electrons. The highest BCUT2D eigenvalue weighted by atomic mass is 16.5. The molecule has 0 fully saturated rings. The average molecular weight is 364 g/mol. The third kappa shape index (κ3) is 4.16. The maximum Gasteiger partial charge on any atom is 0.144 e. The summed E-state index contributed by atoms with van der Waals surface area (Å²) in [6.07, 6.45) is -0.355. The summed E-state index contributed by atoms with van der Waals surface area (Å²) in [6, 6.07) is 24.2. The Morgan fingerprint density at radius 3 is 2.04 bits per heavy atom. The molecule has 28 heavy (non-hydrogen) atoms. The number of methoxy groups -OCH3 is 1. The molecule has 0 radical (unpaired) electrons. The van der Waals surface area contributed by atoms with E-state index in [1.165, 1.54) is 11.1 Å². The summed E-state index contributed by atoms with van der Waals surface area (Å²) >= 11 is 0. The SMILES string of the molecule is COC(C#Cc1ccccc1)c1cc2c(cc1C#Cc1ccccc1)COC2. The Labute approximate surface area is 166 Å². The molecule has 3 aromatic carbocycles. The number of fused-ring (bicyclic) bond motifs is 1. The van der Waals surface area contributed by atoms with Crippen molar-refractivity contribution in [2.24, 2.45) is 0 Å². The lowest BCUT2D eigenvalue weighted by Crippen LogP contribution is -2.03. The Morgan fingerprint density at radius 1 is 0.786 bits per heavy atom. The maximum absolute atomic E-state index is 5.73. The van der Waals surface area contributed by atoms with E-state index in [4.69, 9.17) is 9.47 Å². The molecular weight excluding hydrogens is 344 g/mol. The number of hydrogen-bond donors (Lipinski definition) is 0. The van der Waals surface area contributed by atoms with Gasteiger partial charge >= 0.3 is 0 Å². The minimum atomic E-state index is -0.355. The van der Waals surface area contributed by atoms with Crippen LogP contribution in [0.2, 0.25) is 0 Å². The van der Waals surface area contributed by atoms with Crippen LogP contribution in [0.1, 0.15) is 39.5 Å². The number of ether oxygens (including phenoxy) is 2.